The zero-order valence-electron chi connectivity index (χ0n) is 11.1. The maximum absolute atomic E-state index is 12.1. The SMILES string of the molecule is CCC(CC)(CBr)CNC(=O)c1sccc1OC. The molecule has 0 saturated heterocycles. The normalized spacial score (nSPS) is 11.3. The minimum atomic E-state index is -0.0472. The number of hydrogen-bond acceptors (Lipinski definition) is 3. The lowest BCUT2D eigenvalue weighted by molar-refractivity contribution is 0.0934. The third-order valence-electron chi connectivity index (χ3n) is 3.46. The number of rotatable bonds is 7. The molecule has 0 aliphatic carbocycles. The van der Waals surface area contributed by atoms with Crippen molar-refractivity contribution in [2.24, 2.45) is 5.41 Å². The Hall–Kier alpha value is -0.550. The van der Waals surface area contributed by atoms with Crippen LogP contribution in [0.3, 0.4) is 0 Å². The summed E-state index contributed by atoms with van der Waals surface area (Å²) in [6.45, 7) is 5.00. The Morgan fingerprint density at radius 1 is 1.50 bits per heavy atom. The summed E-state index contributed by atoms with van der Waals surface area (Å²) >= 11 is 4.95. The molecule has 1 rings (SSSR count). The summed E-state index contributed by atoms with van der Waals surface area (Å²) in [5.74, 6) is 0.601. The number of nitrogens with one attached hydrogen (secondary N) is 1. The molecular weight excluding hydrogens is 314 g/mol. The highest BCUT2D eigenvalue weighted by atomic mass is 79.9. The zero-order valence-corrected chi connectivity index (χ0v) is 13.5. The van der Waals surface area contributed by atoms with Crippen molar-refractivity contribution in [3.8, 4) is 5.75 Å². The molecule has 0 atom stereocenters. The number of carbonyl (C=O) groups excluding carboxylic acids is 1. The van der Waals surface area contributed by atoms with E-state index in [1.807, 2.05) is 11.4 Å². The molecule has 1 aromatic rings. The average Bonchev–Trinajstić information content (AvgIpc) is 2.89. The van der Waals surface area contributed by atoms with Crippen molar-refractivity contribution in [3.05, 3.63) is 16.3 Å². The van der Waals surface area contributed by atoms with Crippen LogP contribution in [0.5, 0.6) is 5.75 Å². The van der Waals surface area contributed by atoms with Gasteiger partial charge in [0.25, 0.3) is 5.91 Å². The van der Waals surface area contributed by atoms with Gasteiger partial charge in [0.1, 0.15) is 10.6 Å². The standard InChI is InChI=1S/C13H20BrNO2S/c1-4-13(5-2,8-14)9-15-12(16)11-10(17-3)6-7-18-11/h6-7H,4-5,8-9H2,1-3H3,(H,15,16). The van der Waals surface area contributed by atoms with Crippen molar-refractivity contribution in [2.45, 2.75) is 26.7 Å². The van der Waals surface area contributed by atoms with Crippen LogP contribution in [0, 0.1) is 5.41 Å². The van der Waals surface area contributed by atoms with E-state index in [1.165, 1.54) is 11.3 Å². The molecule has 0 spiro atoms. The molecule has 0 bridgehead atoms. The lowest BCUT2D eigenvalue weighted by Gasteiger charge is -2.29. The fraction of sp³-hybridized carbons (Fsp3) is 0.615. The van der Waals surface area contributed by atoms with Crippen LogP contribution < -0.4 is 10.1 Å². The average molecular weight is 334 g/mol. The van der Waals surface area contributed by atoms with Gasteiger partial charge >= 0.3 is 0 Å². The molecule has 0 radical (unpaired) electrons. The van der Waals surface area contributed by atoms with Gasteiger partial charge in [0.2, 0.25) is 0 Å². The van der Waals surface area contributed by atoms with Crippen LogP contribution in [-0.4, -0.2) is 24.9 Å². The highest BCUT2D eigenvalue weighted by molar-refractivity contribution is 9.09. The van der Waals surface area contributed by atoms with Gasteiger partial charge in [-0.2, -0.15) is 0 Å². The third kappa shape index (κ3) is 3.48. The molecule has 0 aliphatic heterocycles. The number of hydrogen-bond donors (Lipinski definition) is 1. The number of carbonyl (C=O) groups is 1. The molecular formula is C13H20BrNO2S. The molecule has 1 amide bonds. The van der Waals surface area contributed by atoms with Gasteiger partial charge in [-0.25, -0.2) is 0 Å². The summed E-state index contributed by atoms with van der Waals surface area (Å²) in [4.78, 5) is 12.7. The van der Waals surface area contributed by atoms with E-state index in [2.05, 4.69) is 35.1 Å². The van der Waals surface area contributed by atoms with Gasteiger partial charge in [-0.1, -0.05) is 29.8 Å². The van der Waals surface area contributed by atoms with Crippen molar-refractivity contribution in [3.63, 3.8) is 0 Å². The van der Waals surface area contributed by atoms with Gasteiger partial charge in [0.15, 0.2) is 0 Å². The fourth-order valence-corrected chi connectivity index (χ4v) is 3.47. The summed E-state index contributed by atoms with van der Waals surface area (Å²) in [5, 5.41) is 5.78. The number of thiophene rings is 1. The largest absolute Gasteiger partial charge is 0.495 e. The second-order valence-corrected chi connectivity index (χ2v) is 5.82. The Labute approximate surface area is 121 Å². The predicted molar refractivity (Wildman–Crippen MR) is 80.0 cm³/mol. The number of halogens is 1. The first-order chi connectivity index (χ1) is 8.62. The fourth-order valence-electron chi connectivity index (χ4n) is 1.71. The van der Waals surface area contributed by atoms with Crippen LogP contribution in [0.1, 0.15) is 36.4 Å². The van der Waals surface area contributed by atoms with E-state index < -0.39 is 0 Å². The molecule has 0 aromatic carbocycles. The highest BCUT2D eigenvalue weighted by Crippen LogP contribution is 2.29. The minimum Gasteiger partial charge on any atom is -0.495 e. The smallest absolute Gasteiger partial charge is 0.265 e. The molecule has 0 unspecified atom stereocenters. The Morgan fingerprint density at radius 2 is 2.17 bits per heavy atom. The zero-order chi connectivity index (χ0) is 13.6. The first kappa shape index (κ1) is 15.5. The lowest BCUT2D eigenvalue weighted by Crippen LogP contribution is -2.38. The summed E-state index contributed by atoms with van der Waals surface area (Å²) in [7, 11) is 1.58. The molecule has 18 heavy (non-hydrogen) atoms. The van der Waals surface area contributed by atoms with Crippen molar-refractivity contribution in [1.82, 2.24) is 5.32 Å². The Kier molecular flexibility index (Phi) is 6.15. The summed E-state index contributed by atoms with van der Waals surface area (Å²) in [5.41, 5.74) is 0.139. The van der Waals surface area contributed by atoms with Gasteiger partial charge in [0, 0.05) is 11.9 Å². The van der Waals surface area contributed by atoms with E-state index in [-0.39, 0.29) is 11.3 Å². The van der Waals surface area contributed by atoms with E-state index in [0.717, 1.165) is 18.2 Å². The summed E-state index contributed by atoms with van der Waals surface area (Å²) < 4.78 is 5.16. The molecule has 102 valence electrons. The van der Waals surface area contributed by atoms with E-state index in [9.17, 15) is 4.79 Å². The quantitative estimate of drug-likeness (QED) is 0.773. The molecule has 0 fully saturated rings. The summed E-state index contributed by atoms with van der Waals surface area (Å²) in [6.07, 6.45) is 2.08. The Morgan fingerprint density at radius 3 is 2.67 bits per heavy atom. The van der Waals surface area contributed by atoms with Crippen LogP contribution in [0.2, 0.25) is 0 Å². The van der Waals surface area contributed by atoms with Crippen molar-refractivity contribution < 1.29 is 9.53 Å². The summed E-state index contributed by atoms with van der Waals surface area (Å²) in [6, 6.07) is 1.82. The van der Waals surface area contributed by atoms with Crippen molar-refractivity contribution >= 4 is 33.2 Å². The monoisotopic (exact) mass is 333 g/mol. The number of methoxy groups -OCH3 is 1. The number of amides is 1. The number of ether oxygens (including phenoxy) is 1. The molecule has 1 N–H and O–H groups in total. The molecule has 0 saturated carbocycles. The van der Waals surface area contributed by atoms with Gasteiger partial charge in [-0.05, 0) is 29.7 Å². The molecule has 3 nitrogen and oxygen atoms in total. The van der Waals surface area contributed by atoms with Crippen LogP contribution in [-0.2, 0) is 0 Å². The second kappa shape index (κ2) is 7.14. The minimum absolute atomic E-state index is 0.0472. The van der Waals surface area contributed by atoms with E-state index in [4.69, 9.17) is 4.74 Å². The molecule has 1 heterocycles. The van der Waals surface area contributed by atoms with Crippen LogP contribution in [0.15, 0.2) is 11.4 Å². The van der Waals surface area contributed by atoms with Crippen LogP contribution in [0.25, 0.3) is 0 Å². The second-order valence-electron chi connectivity index (χ2n) is 4.34. The van der Waals surface area contributed by atoms with Crippen LogP contribution >= 0.6 is 27.3 Å². The molecule has 5 heteroatoms. The number of alkyl halides is 1. The Balaban J connectivity index is 2.66. The van der Waals surface area contributed by atoms with E-state index in [0.29, 0.717) is 17.2 Å². The van der Waals surface area contributed by atoms with Crippen LogP contribution in [0.4, 0.5) is 0 Å². The van der Waals surface area contributed by atoms with E-state index >= 15 is 0 Å². The lowest BCUT2D eigenvalue weighted by atomic mass is 9.84. The molecule has 1 aromatic heterocycles. The van der Waals surface area contributed by atoms with Gasteiger partial charge in [-0.3, -0.25) is 4.79 Å². The highest BCUT2D eigenvalue weighted by Gasteiger charge is 2.26. The first-order valence-corrected chi connectivity index (χ1v) is 8.08. The first-order valence-electron chi connectivity index (χ1n) is 6.08. The Bertz CT molecular complexity index is 380. The maximum atomic E-state index is 12.1. The predicted octanol–water partition coefficient (Wildman–Crippen LogP) is 3.69. The molecule has 0 aliphatic rings. The van der Waals surface area contributed by atoms with Gasteiger partial charge in [0.05, 0.1) is 7.11 Å². The topological polar surface area (TPSA) is 38.3 Å². The van der Waals surface area contributed by atoms with Gasteiger partial charge in [-0.15, -0.1) is 11.3 Å². The van der Waals surface area contributed by atoms with E-state index in [1.54, 1.807) is 7.11 Å². The van der Waals surface area contributed by atoms with Crippen molar-refractivity contribution in [1.29, 1.82) is 0 Å². The maximum Gasteiger partial charge on any atom is 0.265 e. The van der Waals surface area contributed by atoms with Crippen molar-refractivity contribution in [2.75, 3.05) is 19.0 Å². The van der Waals surface area contributed by atoms with Gasteiger partial charge < -0.3 is 10.1 Å². The third-order valence-corrected chi connectivity index (χ3v) is 5.55.